The molecule has 0 fully saturated rings. The van der Waals surface area contributed by atoms with E-state index in [1.165, 1.54) is 21.7 Å². The van der Waals surface area contributed by atoms with E-state index < -0.39 is 10.0 Å². The monoisotopic (exact) mass is 396 g/mol. The normalized spacial score (nSPS) is 11.7. The molecular formula is C17H24N4O3S2. The molecule has 2 rings (SSSR count). The molecule has 0 saturated heterocycles. The molecule has 1 heterocycles. The molecule has 0 aliphatic carbocycles. The highest BCUT2D eigenvalue weighted by atomic mass is 32.2. The SMILES string of the molecule is CCN(CC)S(=O)(=O)c1cc(NC(=O)c2csc(CCN)n2)ccc1C. The number of sulfonamides is 1. The van der Waals surface area contributed by atoms with Gasteiger partial charge in [0, 0.05) is 30.6 Å². The van der Waals surface area contributed by atoms with Crippen LogP contribution < -0.4 is 11.1 Å². The van der Waals surface area contributed by atoms with E-state index in [0.29, 0.717) is 43.0 Å². The fourth-order valence-electron chi connectivity index (χ4n) is 2.51. The van der Waals surface area contributed by atoms with Crippen molar-refractivity contribution in [1.29, 1.82) is 0 Å². The van der Waals surface area contributed by atoms with Crippen molar-refractivity contribution in [1.82, 2.24) is 9.29 Å². The van der Waals surface area contributed by atoms with Crippen molar-refractivity contribution in [2.75, 3.05) is 25.0 Å². The van der Waals surface area contributed by atoms with Crippen molar-refractivity contribution in [3.63, 3.8) is 0 Å². The fraction of sp³-hybridized carbons (Fsp3) is 0.412. The lowest BCUT2D eigenvalue weighted by atomic mass is 10.2. The summed E-state index contributed by atoms with van der Waals surface area (Å²) in [4.78, 5) is 16.8. The van der Waals surface area contributed by atoms with Crippen molar-refractivity contribution >= 4 is 33.0 Å². The van der Waals surface area contributed by atoms with Crippen molar-refractivity contribution in [3.05, 3.63) is 39.8 Å². The number of carbonyl (C=O) groups excluding carboxylic acids is 1. The third-order valence-electron chi connectivity index (χ3n) is 3.91. The van der Waals surface area contributed by atoms with Gasteiger partial charge in [0.15, 0.2) is 0 Å². The van der Waals surface area contributed by atoms with E-state index in [1.54, 1.807) is 38.3 Å². The quantitative estimate of drug-likeness (QED) is 0.712. The van der Waals surface area contributed by atoms with Crippen molar-refractivity contribution < 1.29 is 13.2 Å². The minimum Gasteiger partial charge on any atom is -0.330 e. The molecule has 1 amide bonds. The third kappa shape index (κ3) is 4.47. The molecule has 0 radical (unpaired) electrons. The van der Waals surface area contributed by atoms with Crippen LogP contribution in [0.25, 0.3) is 0 Å². The maximum atomic E-state index is 12.8. The minimum atomic E-state index is -3.60. The Bertz CT molecular complexity index is 874. The number of benzene rings is 1. The topological polar surface area (TPSA) is 105 Å². The second kappa shape index (κ2) is 8.72. The number of aryl methyl sites for hydroxylation is 1. The lowest BCUT2D eigenvalue weighted by Crippen LogP contribution is -2.31. The van der Waals surface area contributed by atoms with Gasteiger partial charge in [0.25, 0.3) is 5.91 Å². The Kier molecular flexibility index (Phi) is 6.87. The summed E-state index contributed by atoms with van der Waals surface area (Å²) in [5.41, 5.74) is 6.84. The maximum absolute atomic E-state index is 12.8. The summed E-state index contributed by atoms with van der Waals surface area (Å²) >= 11 is 1.38. The van der Waals surface area contributed by atoms with Crippen LogP contribution in [0.5, 0.6) is 0 Å². The number of nitrogens with one attached hydrogen (secondary N) is 1. The van der Waals surface area contributed by atoms with Gasteiger partial charge in [-0.1, -0.05) is 19.9 Å². The molecular weight excluding hydrogens is 372 g/mol. The molecule has 142 valence electrons. The first-order valence-electron chi connectivity index (χ1n) is 8.40. The highest BCUT2D eigenvalue weighted by molar-refractivity contribution is 7.89. The molecule has 26 heavy (non-hydrogen) atoms. The number of hydrogen-bond acceptors (Lipinski definition) is 6. The average Bonchev–Trinajstić information content (AvgIpc) is 3.06. The number of carbonyl (C=O) groups is 1. The molecule has 1 aromatic carbocycles. The molecule has 1 aromatic heterocycles. The van der Waals surface area contributed by atoms with E-state index in [9.17, 15) is 13.2 Å². The van der Waals surface area contributed by atoms with Crippen LogP contribution in [-0.2, 0) is 16.4 Å². The summed E-state index contributed by atoms with van der Waals surface area (Å²) in [5.74, 6) is -0.375. The van der Waals surface area contributed by atoms with Crippen LogP contribution in [-0.4, -0.2) is 43.2 Å². The molecule has 0 spiro atoms. The van der Waals surface area contributed by atoms with Gasteiger partial charge in [0.2, 0.25) is 10.0 Å². The van der Waals surface area contributed by atoms with Crippen molar-refractivity contribution in [2.24, 2.45) is 5.73 Å². The Balaban J connectivity index is 2.27. The van der Waals surface area contributed by atoms with E-state index in [0.717, 1.165) is 5.01 Å². The zero-order valence-corrected chi connectivity index (χ0v) is 16.8. The first-order chi connectivity index (χ1) is 12.3. The first-order valence-corrected chi connectivity index (χ1v) is 10.7. The minimum absolute atomic E-state index is 0.195. The summed E-state index contributed by atoms with van der Waals surface area (Å²) in [5, 5.41) is 5.19. The Morgan fingerprint density at radius 3 is 2.62 bits per heavy atom. The molecule has 7 nitrogen and oxygen atoms in total. The van der Waals surface area contributed by atoms with Gasteiger partial charge < -0.3 is 11.1 Å². The predicted molar refractivity (Wildman–Crippen MR) is 104 cm³/mol. The molecule has 3 N–H and O–H groups in total. The second-order valence-electron chi connectivity index (χ2n) is 5.69. The van der Waals surface area contributed by atoms with Gasteiger partial charge in [0.1, 0.15) is 5.69 Å². The van der Waals surface area contributed by atoms with Crippen LogP contribution in [0.2, 0.25) is 0 Å². The number of amides is 1. The predicted octanol–water partition coefficient (Wildman–Crippen LogP) is 2.24. The molecule has 0 atom stereocenters. The van der Waals surface area contributed by atoms with Gasteiger partial charge >= 0.3 is 0 Å². The van der Waals surface area contributed by atoms with Gasteiger partial charge in [-0.2, -0.15) is 4.31 Å². The smallest absolute Gasteiger partial charge is 0.275 e. The largest absolute Gasteiger partial charge is 0.330 e. The van der Waals surface area contributed by atoms with Crippen LogP contribution in [0.4, 0.5) is 5.69 Å². The Hall–Kier alpha value is -1.81. The number of aromatic nitrogens is 1. The maximum Gasteiger partial charge on any atom is 0.275 e. The molecule has 0 bridgehead atoms. The molecule has 0 aliphatic heterocycles. The van der Waals surface area contributed by atoms with Crippen LogP contribution in [0.1, 0.15) is 34.9 Å². The number of rotatable bonds is 8. The van der Waals surface area contributed by atoms with Crippen LogP contribution in [0.3, 0.4) is 0 Å². The lowest BCUT2D eigenvalue weighted by Gasteiger charge is -2.20. The van der Waals surface area contributed by atoms with E-state index in [4.69, 9.17) is 5.73 Å². The third-order valence-corrected chi connectivity index (χ3v) is 7.01. The van der Waals surface area contributed by atoms with Crippen molar-refractivity contribution in [3.8, 4) is 0 Å². The number of nitrogens with two attached hydrogens (primary N) is 1. The number of anilines is 1. The van der Waals surface area contributed by atoms with Crippen molar-refractivity contribution in [2.45, 2.75) is 32.1 Å². The molecule has 0 unspecified atom stereocenters. The zero-order valence-electron chi connectivity index (χ0n) is 15.2. The summed E-state index contributed by atoms with van der Waals surface area (Å²) in [6.45, 7) is 6.57. The first kappa shape index (κ1) is 20.5. The van der Waals surface area contributed by atoms with Crippen LogP contribution >= 0.6 is 11.3 Å². The van der Waals surface area contributed by atoms with E-state index in [-0.39, 0.29) is 10.8 Å². The van der Waals surface area contributed by atoms with Gasteiger partial charge in [-0.25, -0.2) is 13.4 Å². The zero-order chi connectivity index (χ0) is 19.3. The number of nitrogens with zero attached hydrogens (tertiary/aromatic N) is 2. The van der Waals surface area contributed by atoms with Crippen LogP contribution in [0.15, 0.2) is 28.5 Å². The van der Waals surface area contributed by atoms with E-state index in [2.05, 4.69) is 10.3 Å². The lowest BCUT2D eigenvalue weighted by molar-refractivity contribution is 0.102. The molecule has 0 saturated carbocycles. The Labute approximate surface area is 158 Å². The van der Waals surface area contributed by atoms with Gasteiger partial charge in [-0.05, 0) is 31.2 Å². The van der Waals surface area contributed by atoms with E-state index >= 15 is 0 Å². The molecule has 0 aliphatic rings. The Morgan fingerprint density at radius 2 is 2.00 bits per heavy atom. The highest BCUT2D eigenvalue weighted by Crippen LogP contribution is 2.24. The average molecular weight is 397 g/mol. The fourth-order valence-corrected chi connectivity index (χ4v) is 5.01. The van der Waals surface area contributed by atoms with Gasteiger partial charge in [-0.15, -0.1) is 11.3 Å². The van der Waals surface area contributed by atoms with Gasteiger partial charge in [0.05, 0.1) is 9.90 Å². The number of hydrogen-bond donors (Lipinski definition) is 2. The summed E-state index contributed by atoms with van der Waals surface area (Å²) < 4.78 is 27.0. The van der Waals surface area contributed by atoms with Gasteiger partial charge in [-0.3, -0.25) is 4.79 Å². The van der Waals surface area contributed by atoms with E-state index in [1.807, 2.05) is 0 Å². The summed E-state index contributed by atoms with van der Waals surface area (Å²) in [6, 6.07) is 4.86. The molecule has 9 heteroatoms. The summed E-state index contributed by atoms with van der Waals surface area (Å²) in [7, 11) is -3.60. The summed E-state index contributed by atoms with van der Waals surface area (Å²) in [6.07, 6.45) is 0.620. The Morgan fingerprint density at radius 1 is 1.31 bits per heavy atom. The standard InChI is InChI=1S/C17H24N4O3S2/c1-4-21(5-2)26(23,24)15-10-13(7-6-12(15)3)19-17(22)14-11-25-16(20-14)8-9-18/h6-7,10-11H,4-5,8-9,18H2,1-3H3,(H,19,22). The van der Waals surface area contributed by atoms with Crippen LogP contribution in [0, 0.1) is 6.92 Å². The second-order valence-corrected chi connectivity index (χ2v) is 8.54. The highest BCUT2D eigenvalue weighted by Gasteiger charge is 2.24. The molecule has 2 aromatic rings. The number of thiazole rings is 1.